The Kier molecular flexibility index (Phi) is 4.85. The maximum Gasteiger partial charge on any atom is 0.335 e. The van der Waals surface area contributed by atoms with E-state index in [9.17, 15) is 9.90 Å². The summed E-state index contributed by atoms with van der Waals surface area (Å²) in [6.07, 6.45) is 0. The van der Waals surface area contributed by atoms with Crippen LogP contribution in [0, 0.1) is 0 Å². The number of hydrogen-bond donors (Lipinski definition) is 1. The van der Waals surface area contributed by atoms with Crippen molar-refractivity contribution in [3.8, 4) is 16.9 Å². The summed E-state index contributed by atoms with van der Waals surface area (Å²) in [6, 6.07) is 23.5. The number of benzene rings is 3. The summed E-state index contributed by atoms with van der Waals surface area (Å²) in [4.78, 5) is 11.6. The monoisotopic (exact) mass is 332 g/mol. The molecule has 0 amide bonds. The first-order valence-corrected chi connectivity index (χ1v) is 8.16. The zero-order valence-electron chi connectivity index (χ0n) is 14.3. The number of hydrogen-bond acceptors (Lipinski definition) is 2. The van der Waals surface area contributed by atoms with Crippen LogP contribution in [-0.2, 0) is 0 Å². The van der Waals surface area contributed by atoms with Gasteiger partial charge in [-0.3, -0.25) is 0 Å². The van der Waals surface area contributed by atoms with Crippen molar-refractivity contribution in [2.24, 2.45) is 0 Å². The predicted octanol–water partition coefficient (Wildman–Crippen LogP) is 5.21. The molecule has 25 heavy (non-hydrogen) atoms. The van der Waals surface area contributed by atoms with Crippen LogP contribution in [-0.4, -0.2) is 18.2 Å². The molecule has 0 aliphatic carbocycles. The van der Waals surface area contributed by atoms with Crippen LogP contribution >= 0.6 is 0 Å². The van der Waals surface area contributed by atoms with E-state index in [1.54, 1.807) is 25.3 Å². The number of rotatable bonds is 5. The van der Waals surface area contributed by atoms with Gasteiger partial charge >= 0.3 is 5.97 Å². The Hall–Kier alpha value is -3.07. The van der Waals surface area contributed by atoms with Crippen LogP contribution in [0.5, 0.6) is 5.75 Å². The van der Waals surface area contributed by atoms with Crippen molar-refractivity contribution in [3.63, 3.8) is 0 Å². The summed E-state index contributed by atoms with van der Waals surface area (Å²) < 4.78 is 5.26. The fourth-order valence-electron chi connectivity index (χ4n) is 3.00. The Morgan fingerprint density at radius 3 is 2.16 bits per heavy atom. The highest BCUT2D eigenvalue weighted by Crippen LogP contribution is 2.31. The SMILES string of the molecule is COc1ccc(C(=O)O)c(C(C)c2ccc(-c3ccccc3)cc2)c1. The Labute approximate surface area is 147 Å². The van der Waals surface area contributed by atoms with Crippen molar-refractivity contribution >= 4 is 5.97 Å². The average Bonchev–Trinajstić information content (AvgIpc) is 2.67. The quantitative estimate of drug-likeness (QED) is 0.697. The van der Waals surface area contributed by atoms with Crippen LogP contribution in [0.4, 0.5) is 0 Å². The van der Waals surface area contributed by atoms with E-state index in [4.69, 9.17) is 4.74 Å². The molecule has 0 aliphatic heterocycles. The minimum atomic E-state index is -0.926. The van der Waals surface area contributed by atoms with Crippen molar-refractivity contribution in [1.82, 2.24) is 0 Å². The molecule has 1 unspecified atom stereocenters. The Morgan fingerprint density at radius 1 is 0.920 bits per heavy atom. The van der Waals surface area contributed by atoms with Gasteiger partial charge in [0.2, 0.25) is 0 Å². The van der Waals surface area contributed by atoms with Crippen LogP contribution in [0.25, 0.3) is 11.1 Å². The number of methoxy groups -OCH3 is 1. The van der Waals surface area contributed by atoms with E-state index in [1.165, 1.54) is 0 Å². The topological polar surface area (TPSA) is 46.5 Å². The van der Waals surface area contributed by atoms with Gasteiger partial charge in [-0.25, -0.2) is 4.79 Å². The lowest BCUT2D eigenvalue weighted by Crippen LogP contribution is -2.07. The Bertz CT molecular complexity index is 868. The molecule has 0 aromatic heterocycles. The molecule has 3 heteroatoms. The van der Waals surface area contributed by atoms with Crippen LogP contribution in [0.1, 0.15) is 34.3 Å². The summed E-state index contributed by atoms with van der Waals surface area (Å²) in [5, 5.41) is 9.48. The molecular weight excluding hydrogens is 312 g/mol. The molecule has 3 nitrogen and oxygen atoms in total. The molecule has 3 aromatic rings. The molecule has 0 heterocycles. The van der Waals surface area contributed by atoms with Crippen LogP contribution in [0.3, 0.4) is 0 Å². The second kappa shape index (κ2) is 7.22. The van der Waals surface area contributed by atoms with Gasteiger partial charge < -0.3 is 9.84 Å². The van der Waals surface area contributed by atoms with Gasteiger partial charge in [0.15, 0.2) is 0 Å². The molecule has 3 aromatic carbocycles. The van der Waals surface area contributed by atoms with Crippen molar-refractivity contribution < 1.29 is 14.6 Å². The predicted molar refractivity (Wildman–Crippen MR) is 99.3 cm³/mol. The van der Waals surface area contributed by atoms with E-state index in [-0.39, 0.29) is 5.92 Å². The number of aromatic carboxylic acids is 1. The molecule has 126 valence electrons. The van der Waals surface area contributed by atoms with E-state index in [0.717, 1.165) is 22.3 Å². The van der Waals surface area contributed by atoms with E-state index in [1.807, 2.05) is 25.1 Å². The average molecular weight is 332 g/mol. The van der Waals surface area contributed by atoms with Crippen molar-refractivity contribution in [3.05, 3.63) is 89.5 Å². The van der Waals surface area contributed by atoms with E-state index in [0.29, 0.717) is 11.3 Å². The molecule has 0 fully saturated rings. The minimum Gasteiger partial charge on any atom is -0.497 e. The van der Waals surface area contributed by atoms with E-state index < -0.39 is 5.97 Å². The fourth-order valence-corrected chi connectivity index (χ4v) is 3.00. The fraction of sp³-hybridized carbons (Fsp3) is 0.136. The lowest BCUT2D eigenvalue weighted by atomic mass is 9.88. The molecule has 0 radical (unpaired) electrons. The third-order valence-corrected chi connectivity index (χ3v) is 4.47. The van der Waals surface area contributed by atoms with Gasteiger partial charge in [0.05, 0.1) is 12.7 Å². The summed E-state index contributed by atoms with van der Waals surface area (Å²) in [7, 11) is 1.58. The molecular formula is C22H20O3. The number of carbonyl (C=O) groups is 1. The first-order valence-electron chi connectivity index (χ1n) is 8.16. The molecule has 0 spiro atoms. The minimum absolute atomic E-state index is 0.0500. The van der Waals surface area contributed by atoms with Gasteiger partial charge in [0, 0.05) is 5.92 Å². The smallest absolute Gasteiger partial charge is 0.335 e. The highest BCUT2D eigenvalue weighted by atomic mass is 16.5. The van der Waals surface area contributed by atoms with E-state index in [2.05, 4.69) is 36.4 Å². The van der Waals surface area contributed by atoms with Crippen LogP contribution < -0.4 is 4.74 Å². The third-order valence-electron chi connectivity index (χ3n) is 4.47. The largest absolute Gasteiger partial charge is 0.497 e. The number of carboxylic acid groups (broad SMARTS) is 1. The zero-order chi connectivity index (χ0) is 17.8. The van der Waals surface area contributed by atoms with E-state index >= 15 is 0 Å². The summed E-state index contributed by atoms with van der Waals surface area (Å²) in [5.41, 5.74) is 4.42. The molecule has 0 saturated heterocycles. The van der Waals surface area contributed by atoms with Crippen molar-refractivity contribution in [2.45, 2.75) is 12.8 Å². The van der Waals surface area contributed by atoms with Gasteiger partial charge in [-0.2, -0.15) is 0 Å². The van der Waals surface area contributed by atoms with Crippen LogP contribution in [0.15, 0.2) is 72.8 Å². The highest BCUT2D eigenvalue weighted by Gasteiger charge is 2.18. The summed E-state index contributed by atoms with van der Waals surface area (Å²) in [6.45, 7) is 2.01. The van der Waals surface area contributed by atoms with Crippen molar-refractivity contribution in [1.29, 1.82) is 0 Å². The van der Waals surface area contributed by atoms with Gasteiger partial charge in [0.1, 0.15) is 5.75 Å². The molecule has 1 N–H and O–H groups in total. The molecule has 1 atom stereocenters. The van der Waals surface area contributed by atoms with Crippen LogP contribution in [0.2, 0.25) is 0 Å². The maximum absolute atomic E-state index is 11.6. The van der Waals surface area contributed by atoms with Gasteiger partial charge in [-0.1, -0.05) is 61.5 Å². The molecule has 0 saturated carbocycles. The summed E-state index contributed by atoms with van der Waals surface area (Å²) >= 11 is 0. The lowest BCUT2D eigenvalue weighted by molar-refractivity contribution is 0.0695. The second-order valence-electron chi connectivity index (χ2n) is 5.97. The van der Waals surface area contributed by atoms with Gasteiger partial charge in [0.25, 0.3) is 0 Å². The molecule has 0 bridgehead atoms. The third kappa shape index (κ3) is 3.56. The first-order chi connectivity index (χ1) is 12.1. The Morgan fingerprint density at radius 2 is 1.56 bits per heavy atom. The standard InChI is InChI=1S/C22H20O3/c1-15(21-14-19(25-2)12-13-20(21)22(23)24)16-8-10-18(11-9-16)17-6-4-3-5-7-17/h3-15H,1-2H3,(H,23,24). The van der Waals surface area contributed by atoms with Gasteiger partial charge in [-0.05, 0) is 40.5 Å². The molecule has 0 aliphatic rings. The number of carboxylic acids is 1. The van der Waals surface area contributed by atoms with Gasteiger partial charge in [-0.15, -0.1) is 0 Å². The first kappa shape index (κ1) is 16.8. The summed E-state index contributed by atoms with van der Waals surface area (Å²) in [5.74, 6) is -0.316. The number of ether oxygens (including phenoxy) is 1. The lowest BCUT2D eigenvalue weighted by Gasteiger charge is -2.17. The molecule has 3 rings (SSSR count). The zero-order valence-corrected chi connectivity index (χ0v) is 14.3. The highest BCUT2D eigenvalue weighted by molar-refractivity contribution is 5.90. The normalized spacial score (nSPS) is 11.8. The Balaban J connectivity index is 1.96. The maximum atomic E-state index is 11.6. The van der Waals surface area contributed by atoms with Crippen molar-refractivity contribution in [2.75, 3.05) is 7.11 Å². The second-order valence-corrected chi connectivity index (χ2v) is 5.97.